The number of piperidine rings is 1. The fourth-order valence-electron chi connectivity index (χ4n) is 4.38. The van der Waals surface area contributed by atoms with Gasteiger partial charge in [-0.3, -0.25) is 4.79 Å². The van der Waals surface area contributed by atoms with Gasteiger partial charge in [-0.2, -0.15) is 0 Å². The van der Waals surface area contributed by atoms with Crippen molar-refractivity contribution in [3.8, 4) is 11.3 Å². The fourth-order valence-corrected chi connectivity index (χ4v) is 4.38. The van der Waals surface area contributed by atoms with Crippen molar-refractivity contribution in [2.24, 2.45) is 0 Å². The third kappa shape index (κ3) is 4.03. The lowest BCUT2D eigenvalue weighted by Crippen LogP contribution is -2.56. The third-order valence-corrected chi connectivity index (χ3v) is 6.07. The van der Waals surface area contributed by atoms with E-state index in [1.54, 1.807) is 6.20 Å². The molecule has 2 saturated heterocycles. The number of carbonyl (C=O) groups excluding carboxylic acids is 1. The summed E-state index contributed by atoms with van der Waals surface area (Å²) in [6.45, 7) is 3.04. The number of aromatic nitrogens is 2. The molecule has 7 nitrogen and oxygen atoms in total. The van der Waals surface area contributed by atoms with E-state index in [1.165, 1.54) is 0 Å². The number of aryl methyl sites for hydroxylation is 1. The maximum Gasteiger partial charge on any atom is 0.257 e. The summed E-state index contributed by atoms with van der Waals surface area (Å²) in [4.78, 5) is 23.9. The standard InChI is InChI=1S/C22H27N3O4/c1-16-23-13-18(19(24-16)17-5-3-2-4-6-17)20(27)25-10-7-22(8-11-25)14-21(28,15-26)9-12-29-22/h2-6,13,26,28H,7-12,14-15H2,1H3. The molecule has 1 unspecified atom stereocenters. The molecule has 1 amide bonds. The molecular weight excluding hydrogens is 370 g/mol. The third-order valence-electron chi connectivity index (χ3n) is 6.07. The van der Waals surface area contributed by atoms with Crippen LogP contribution < -0.4 is 0 Å². The van der Waals surface area contributed by atoms with Crippen LogP contribution in [0.5, 0.6) is 0 Å². The molecule has 0 radical (unpaired) electrons. The Balaban J connectivity index is 1.52. The Labute approximate surface area is 170 Å². The maximum absolute atomic E-state index is 13.3. The van der Waals surface area contributed by atoms with E-state index in [0.29, 0.717) is 62.5 Å². The first kappa shape index (κ1) is 19.9. The zero-order chi connectivity index (χ0) is 20.5. The summed E-state index contributed by atoms with van der Waals surface area (Å²) in [5.41, 5.74) is 0.466. The quantitative estimate of drug-likeness (QED) is 0.822. The second kappa shape index (κ2) is 7.82. The van der Waals surface area contributed by atoms with Gasteiger partial charge in [0.25, 0.3) is 5.91 Å². The summed E-state index contributed by atoms with van der Waals surface area (Å²) in [6.07, 6.45) is 3.72. The van der Waals surface area contributed by atoms with Gasteiger partial charge in [-0.05, 0) is 19.8 Å². The largest absolute Gasteiger partial charge is 0.393 e. The van der Waals surface area contributed by atoms with Crippen LogP contribution in [0.3, 0.4) is 0 Å². The van der Waals surface area contributed by atoms with Crippen molar-refractivity contribution in [2.75, 3.05) is 26.3 Å². The minimum atomic E-state index is -1.09. The lowest BCUT2D eigenvalue weighted by atomic mass is 9.77. The number of likely N-dealkylation sites (tertiary alicyclic amines) is 1. The van der Waals surface area contributed by atoms with Crippen LogP contribution in [-0.4, -0.2) is 68.5 Å². The minimum Gasteiger partial charge on any atom is -0.393 e. The van der Waals surface area contributed by atoms with E-state index in [-0.39, 0.29) is 12.5 Å². The normalized spacial score (nSPS) is 23.9. The first-order valence-electron chi connectivity index (χ1n) is 10.1. The molecule has 0 saturated carbocycles. The molecule has 3 heterocycles. The van der Waals surface area contributed by atoms with Crippen LogP contribution >= 0.6 is 0 Å². The molecule has 2 aromatic rings. The predicted octanol–water partition coefficient (Wildman–Crippen LogP) is 1.96. The molecule has 154 valence electrons. The van der Waals surface area contributed by atoms with E-state index in [0.717, 1.165) is 5.56 Å². The van der Waals surface area contributed by atoms with Gasteiger partial charge in [0.15, 0.2) is 0 Å². The van der Waals surface area contributed by atoms with Crippen LogP contribution in [-0.2, 0) is 4.74 Å². The summed E-state index contributed by atoms with van der Waals surface area (Å²) < 4.78 is 6.01. The average molecular weight is 397 g/mol. The zero-order valence-electron chi connectivity index (χ0n) is 16.7. The van der Waals surface area contributed by atoms with Gasteiger partial charge in [-0.1, -0.05) is 30.3 Å². The zero-order valence-corrected chi connectivity index (χ0v) is 16.7. The van der Waals surface area contributed by atoms with Crippen LogP contribution in [0.1, 0.15) is 41.9 Å². The van der Waals surface area contributed by atoms with Crippen molar-refractivity contribution in [3.63, 3.8) is 0 Å². The summed E-state index contributed by atoms with van der Waals surface area (Å²) in [6, 6.07) is 9.66. The number of ether oxygens (including phenoxy) is 1. The van der Waals surface area contributed by atoms with E-state index >= 15 is 0 Å². The summed E-state index contributed by atoms with van der Waals surface area (Å²) in [7, 11) is 0. The van der Waals surface area contributed by atoms with Crippen LogP contribution in [0.25, 0.3) is 11.3 Å². The van der Waals surface area contributed by atoms with Gasteiger partial charge in [-0.15, -0.1) is 0 Å². The average Bonchev–Trinajstić information content (AvgIpc) is 2.74. The molecule has 29 heavy (non-hydrogen) atoms. The van der Waals surface area contributed by atoms with Crippen LogP contribution in [0.2, 0.25) is 0 Å². The fraction of sp³-hybridized carbons (Fsp3) is 0.500. The van der Waals surface area contributed by atoms with Crippen molar-refractivity contribution >= 4 is 5.91 Å². The van der Waals surface area contributed by atoms with Crippen molar-refractivity contribution in [2.45, 2.75) is 43.8 Å². The van der Waals surface area contributed by atoms with Crippen molar-refractivity contribution < 1.29 is 19.7 Å². The van der Waals surface area contributed by atoms with Gasteiger partial charge in [0.1, 0.15) is 5.82 Å². The van der Waals surface area contributed by atoms with E-state index < -0.39 is 11.2 Å². The Morgan fingerprint density at radius 3 is 2.62 bits per heavy atom. The highest BCUT2D eigenvalue weighted by Crippen LogP contribution is 2.39. The number of carbonyl (C=O) groups is 1. The number of benzene rings is 1. The van der Waals surface area contributed by atoms with Crippen LogP contribution in [0, 0.1) is 6.92 Å². The summed E-state index contributed by atoms with van der Waals surface area (Å²) in [5.74, 6) is 0.531. The number of hydrogen-bond acceptors (Lipinski definition) is 6. The van der Waals surface area contributed by atoms with Gasteiger partial charge in [0.05, 0.1) is 35.7 Å². The molecular formula is C22H27N3O4. The van der Waals surface area contributed by atoms with Gasteiger partial charge < -0.3 is 19.8 Å². The summed E-state index contributed by atoms with van der Waals surface area (Å²) in [5, 5.41) is 20.0. The molecule has 2 fully saturated rings. The van der Waals surface area contributed by atoms with E-state index in [4.69, 9.17) is 4.74 Å². The SMILES string of the molecule is Cc1ncc(C(=O)N2CCC3(CC2)CC(O)(CO)CCO3)c(-c2ccccc2)n1. The Morgan fingerprint density at radius 2 is 1.93 bits per heavy atom. The second-order valence-electron chi connectivity index (χ2n) is 8.18. The highest BCUT2D eigenvalue weighted by molar-refractivity contribution is 5.99. The van der Waals surface area contributed by atoms with Crippen molar-refractivity contribution in [3.05, 3.63) is 47.9 Å². The first-order valence-corrected chi connectivity index (χ1v) is 10.1. The topological polar surface area (TPSA) is 95.8 Å². The Bertz CT molecular complexity index is 881. The molecule has 0 bridgehead atoms. The van der Waals surface area contributed by atoms with Gasteiger partial charge in [0, 0.05) is 37.7 Å². The molecule has 2 aliphatic rings. The Morgan fingerprint density at radius 1 is 1.21 bits per heavy atom. The molecule has 2 aliphatic heterocycles. The molecule has 4 rings (SSSR count). The number of nitrogens with zero attached hydrogens (tertiary/aromatic N) is 3. The molecule has 1 spiro atoms. The highest BCUT2D eigenvalue weighted by Gasteiger charge is 2.46. The lowest BCUT2D eigenvalue weighted by molar-refractivity contribution is -0.186. The first-order chi connectivity index (χ1) is 13.9. The Hall–Kier alpha value is -2.35. The molecule has 1 aromatic heterocycles. The lowest BCUT2D eigenvalue weighted by Gasteiger charge is -2.48. The smallest absolute Gasteiger partial charge is 0.257 e. The Kier molecular flexibility index (Phi) is 5.38. The molecule has 0 aliphatic carbocycles. The van der Waals surface area contributed by atoms with E-state index in [9.17, 15) is 15.0 Å². The van der Waals surface area contributed by atoms with Crippen molar-refractivity contribution in [1.82, 2.24) is 14.9 Å². The van der Waals surface area contributed by atoms with Gasteiger partial charge in [0.2, 0.25) is 0 Å². The molecule has 1 atom stereocenters. The second-order valence-corrected chi connectivity index (χ2v) is 8.18. The predicted molar refractivity (Wildman–Crippen MR) is 107 cm³/mol. The molecule has 7 heteroatoms. The van der Waals surface area contributed by atoms with Gasteiger partial charge >= 0.3 is 0 Å². The summed E-state index contributed by atoms with van der Waals surface area (Å²) >= 11 is 0. The maximum atomic E-state index is 13.3. The number of aliphatic hydroxyl groups excluding tert-OH is 1. The number of rotatable bonds is 3. The van der Waals surface area contributed by atoms with Crippen LogP contribution in [0.15, 0.2) is 36.5 Å². The number of amides is 1. The minimum absolute atomic E-state index is 0.0908. The molecule has 2 N–H and O–H groups in total. The van der Waals surface area contributed by atoms with Crippen molar-refractivity contribution in [1.29, 1.82) is 0 Å². The number of hydrogen-bond donors (Lipinski definition) is 2. The number of aliphatic hydroxyl groups is 2. The van der Waals surface area contributed by atoms with Gasteiger partial charge in [-0.25, -0.2) is 9.97 Å². The highest BCUT2D eigenvalue weighted by atomic mass is 16.5. The van der Waals surface area contributed by atoms with E-state index in [1.807, 2.05) is 42.2 Å². The monoisotopic (exact) mass is 397 g/mol. The molecule has 1 aromatic carbocycles. The van der Waals surface area contributed by atoms with Crippen LogP contribution in [0.4, 0.5) is 0 Å². The van der Waals surface area contributed by atoms with E-state index in [2.05, 4.69) is 9.97 Å².